The first-order chi connectivity index (χ1) is 14.1. The van der Waals surface area contributed by atoms with Crippen LogP contribution in [0.25, 0.3) is 0 Å². The number of hydrogen-bond acceptors (Lipinski definition) is 6. The Labute approximate surface area is 179 Å². The normalized spacial score (nSPS) is 13.1. The smallest absolute Gasteiger partial charge is 0.335 e. The molecule has 1 aromatic heterocycles. The number of carbonyl (C=O) groups excluding carboxylic acids is 1. The fourth-order valence-electron chi connectivity index (χ4n) is 2.51. The van der Waals surface area contributed by atoms with E-state index >= 15 is 0 Å². The number of amidine groups is 1. The predicted molar refractivity (Wildman–Crippen MR) is 113 cm³/mol. The summed E-state index contributed by atoms with van der Waals surface area (Å²) < 4.78 is 0. The summed E-state index contributed by atoms with van der Waals surface area (Å²) in [6, 6.07) is 5.27. The Hall–Kier alpha value is -3.01. The molecule has 2 rings (SSSR count). The van der Waals surface area contributed by atoms with E-state index in [-0.39, 0.29) is 22.5 Å². The number of aliphatic imine (C=N–C) groups is 1. The number of nitrogens with two attached hydrogens (primary N) is 1. The molecule has 0 aliphatic heterocycles. The quantitative estimate of drug-likeness (QED) is 0.236. The van der Waals surface area contributed by atoms with Crippen molar-refractivity contribution in [3.63, 3.8) is 0 Å². The van der Waals surface area contributed by atoms with Crippen LogP contribution in [0.2, 0.25) is 0 Å². The number of amides is 1. The van der Waals surface area contributed by atoms with Crippen LogP contribution in [0.5, 0.6) is 0 Å². The highest BCUT2D eigenvalue weighted by molar-refractivity contribution is 6.27. The van der Waals surface area contributed by atoms with Gasteiger partial charge in [0.1, 0.15) is 5.84 Å². The average molecular weight is 436 g/mol. The Morgan fingerprint density at radius 2 is 2.03 bits per heavy atom. The van der Waals surface area contributed by atoms with Crippen LogP contribution in [-0.2, 0) is 5.54 Å². The van der Waals surface area contributed by atoms with Gasteiger partial charge in [-0.1, -0.05) is 6.07 Å². The van der Waals surface area contributed by atoms with Crippen LogP contribution in [0.1, 0.15) is 66.2 Å². The largest absolute Gasteiger partial charge is 0.478 e. The molecule has 1 aromatic carbocycles. The minimum atomic E-state index is -1.11. The number of nitrogens with one attached hydrogen (secondary N) is 1. The number of halogens is 1. The summed E-state index contributed by atoms with van der Waals surface area (Å²) in [5.74, 6) is -0.673. The maximum absolute atomic E-state index is 12.7. The molecule has 0 aliphatic rings. The van der Waals surface area contributed by atoms with Gasteiger partial charge in [-0.3, -0.25) is 9.79 Å². The molecular weight excluding hydrogens is 410 g/mol. The Morgan fingerprint density at radius 3 is 2.63 bits per heavy atom. The first-order valence-corrected chi connectivity index (χ1v) is 9.94. The van der Waals surface area contributed by atoms with Crippen molar-refractivity contribution in [2.75, 3.05) is 12.4 Å². The number of tetrazole rings is 1. The van der Waals surface area contributed by atoms with E-state index in [0.29, 0.717) is 31.0 Å². The fourth-order valence-corrected chi connectivity index (χ4v) is 2.59. The van der Waals surface area contributed by atoms with E-state index in [2.05, 4.69) is 25.7 Å². The lowest BCUT2D eigenvalue weighted by molar-refractivity contribution is 0.0697. The monoisotopic (exact) mass is 435 g/mol. The van der Waals surface area contributed by atoms with Crippen LogP contribution in [0, 0.1) is 0 Å². The first-order valence-electron chi connectivity index (χ1n) is 9.41. The number of alkyl halides is 1. The van der Waals surface area contributed by atoms with Gasteiger partial charge in [-0.05, 0) is 57.0 Å². The van der Waals surface area contributed by atoms with Crippen molar-refractivity contribution in [3.8, 4) is 0 Å². The molecule has 0 aliphatic carbocycles. The third-order valence-electron chi connectivity index (χ3n) is 4.12. The molecule has 2 aromatic rings. The lowest BCUT2D eigenvalue weighted by Crippen LogP contribution is -2.30. The van der Waals surface area contributed by atoms with Gasteiger partial charge in [0, 0.05) is 12.1 Å². The average Bonchev–Trinajstić information content (AvgIpc) is 3.20. The SMILES string of the molecule is CC(C)(C)n1nnc([C@H](CCCN=C(N)CCl)NC(=O)c2cccc(C(=O)O)c2)n1. The third-order valence-corrected chi connectivity index (χ3v) is 4.39. The number of hydrogen-bond donors (Lipinski definition) is 3. The summed E-state index contributed by atoms with van der Waals surface area (Å²) in [4.78, 5) is 29.5. The van der Waals surface area contributed by atoms with Gasteiger partial charge in [0.25, 0.3) is 5.91 Å². The summed E-state index contributed by atoms with van der Waals surface area (Å²) >= 11 is 5.62. The van der Waals surface area contributed by atoms with Crippen LogP contribution in [0.15, 0.2) is 29.3 Å². The highest BCUT2D eigenvalue weighted by Gasteiger charge is 2.24. The highest BCUT2D eigenvalue weighted by atomic mass is 35.5. The van der Waals surface area contributed by atoms with Gasteiger partial charge < -0.3 is 16.2 Å². The molecule has 10 nitrogen and oxygen atoms in total. The molecule has 0 unspecified atom stereocenters. The zero-order valence-electron chi connectivity index (χ0n) is 17.2. The van der Waals surface area contributed by atoms with Crippen LogP contribution < -0.4 is 11.1 Å². The summed E-state index contributed by atoms with van der Waals surface area (Å²) in [7, 11) is 0. The molecule has 1 amide bonds. The van der Waals surface area contributed by atoms with Gasteiger partial charge in [0.2, 0.25) is 0 Å². The molecule has 0 saturated carbocycles. The number of carboxylic acid groups (broad SMARTS) is 1. The van der Waals surface area contributed by atoms with E-state index in [1.54, 1.807) is 6.07 Å². The summed E-state index contributed by atoms with van der Waals surface area (Å²) in [6.45, 7) is 6.25. The Balaban J connectivity index is 2.20. The molecule has 30 heavy (non-hydrogen) atoms. The van der Waals surface area contributed by atoms with Crippen molar-refractivity contribution >= 4 is 29.3 Å². The second-order valence-corrected chi connectivity index (χ2v) is 7.94. The Morgan fingerprint density at radius 1 is 1.33 bits per heavy atom. The molecule has 1 heterocycles. The van der Waals surface area contributed by atoms with Gasteiger partial charge >= 0.3 is 5.97 Å². The molecule has 0 spiro atoms. The summed E-state index contributed by atoms with van der Waals surface area (Å²) in [6.07, 6.45) is 1.08. The second kappa shape index (κ2) is 10.1. The lowest BCUT2D eigenvalue weighted by atomic mass is 10.1. The zero-order chi connectivity index (χ0) is 22.3. The van der Waals surface area contributed by atoms with Crippen LogP contribution in [0.4, 0.5) is 0 Å². The van der Waals surface area contributed by atoms with E-state index in [0.717, 1.165) is 0 Å². The summed E-state index contributed by atoms with van der Waals surface area (Å²) in [5.41, 5.74) is 5.50. The topological polar surface area (TPSA) is 148 Å². The van der Waals surface area contributed by atoms with Crippen molar-refractivity contribution in [2.45, 2.75) is 45.2 Å². The second-order valence-electron chi connectivity index (χ2n) is 7.67. The third kappa shape index (κ3) is 6.51. The molecule has 0 fully saturated rings. The van der Waals surface area contributed by atoms with E-state index in [4.69, 9.17) is 22.4 Å². The van der Waals surface area contributed by atoms with Crippen molar-refractivity contribution in [3.05, 3.63) is 41.2 Å². The first kappa shape index (κ1) is 23.3. The molecule has 0 radical (unpaired) electrons. The van der Waals surface area contributed by atoms with Crippen LogP contribution in [0.3, 0.4) is 0 Å². The number of benzene rings is 1. The molecular formula is C19H26ClN7O3. The minimum Gasteiger partial charge on any atom is -0.478 e. The van der Waals surface area contributed by atoms with Gasteiger partial charge in [0.15, 0.2) is 5.82 Å². The zero-order valence-corrected chi connectivity index (χ0v) is 17.9. The molecule has 0 saturated heterocycles. The molecule has 4 N–H and O–H groups in total. The van der Waals surface area contributed by atoms with Crippen molar-refractivity contribution in [2.24, 2.45) is 10.7 Å². The van der Waals surface area contributed by atoms with E-state index < -0.39 is 17.9 Å². The predicted octanol–water partition coefficient (Wildman–Crippen LogP) is 1.97. The highest BCUT2D eigenvalue weighted by Crippen LogP contribution is 2.18. The van der Waals surface area contributed by atoms with E-state index in [1.165, 1.54) is 23.0 Å². The van der Waals surface area contributed by atoms with Crippen molar-refractivity contribution in [1.29, 1.82) is 0 Å². The minimum absolute atomic E-state index is 0.0295. The van der Waals surface area contributed by atoms with Gasteiger partial charge in [-0.25, -0.2) is 4.79 Å². The van der Waals surface area contributed by atoms with Crippen LogP contribution >= 0.6 is 11.6 Å². The van der Waals surface area contributed by atoms with Gasteiger partial charge in [0.05, 0.1) is 23.0 Å². The molecule has 162 valence electrons. The number of aromatic carboxylic acids is 1. The van der Waals surface area contributed by atoms with E-state index in [1.807, 2.05) is 20.8 Å². The summed E-state index contributed by atoms with van der Waals surface area (Å²) in [5, 5.41) is 24.6. The van der Waals surface area contributed by atoms with Crippen molar-refractivity contribution in [1.82, 2.24) is 25.5 Å². The number of aromatic nitrogens is 4. The van der Waals surface area contributed by atoms with Gasteiger partial charge in [-0.15, -0.1) is 21.8 Å². The number of rotatable bonds is 9. The maximum atomic E-state index is 12.7. The van der Waals surface area contributed by atoms with Crippen LogP contribution in [-0.4, -0.2) is 55.5 Å². The van der Waals surface area contributed by atoms with E-state index in [9.17, 15) is 9.59 Å². The number of carboxylic acids is 1. The lowest BCUT2D eigenvalue weighted by Gasteiger charge is -2.17. The molecule has 11 heteroatoms. The maximum Gasteiger partial charge on any atom is 0.335 e. The fraction of sp³-hybridized carbons (Fsp3) is 0.474. The van der Waals surface area contributed by atoms with Crippen molar-refractivity contribution < 1.29 is 14.7 Å². The molecule has 0 bridgehead atoms. The Bertz CT molecular complexity index is 921. The number of nitrogens with zero attached hydrogens (tertiary/aromatic N) is 5. The van der Waals surface area contributed by atoms with Gasteiger partial charge in [-0.2, -0.15) is 4.80 Å². The Kier molecular flexibility index (Phi) is 7.87. The standard InChI is InChI=1S/C19H26ClN7O3/c1-19(2,3)27-25-16(24-26-27)14(8-5-9-22-15(21)11-20)23-17(28)12-6-4-7-13(10-12)18(29)30/h4,6-7,10,14H,5,8-9,11H2,1-3H3,(H2,21,22)(H,23,28)(H,29,30)/t14-/m0/s1. The number of carbonyl (C=O) groups is 2. The molecule has 1 atom stereocenters.